The molecule has 2 heterocycles. The van der Waals surface area contributed by atoms with Gasteiger partial charge in [-0.3, -0.25) is 14.9 Å². The summed E-state index contributed by atoms with van der Waals surface area (Å²) in [6.07, 6.45) is 4.61. The van der Waals surface area contributed by atoms with E-state index in [-0.39, 0.29) is 16.2 Å². The van der Waals surface area contributed by atoms with Crippen molar-refractivity contribution in [3.8, 4) is 5.75 Å². The van der Waals surface area contributed by atoms with E-state index in [1.54, 1.807) is 30.3 Å². The van der Waals surface area contributed by atoms with Crippen LogP contribution < -0.4 is 19.9 Å². The molecular weight excluding hydrogens is 417 g/mol. The van der Waals surface area contributed by atoms with Gasteiger partial charge in [0.1, 0.15) is 17.1 Å². The highest BCUT2D eigenvalue weighted by molar-refractivity contribution is 7.80. The average Bonchev–Trinajstić information content (AvgIpc) is 2.78. The smallest absolute Gasteiger partial charge is 0.270 e. The van der Waals surface area contributed by atoms with Crippen molar-refractivity contribution in [3.63, 3.8) is 0 Å². The molecule has 0 aliphatic carbocycles. The topological polar surface area (TPSA) is 61.9 Å². The Balaban J connectivity index is 1.67. The van der Waals surface area contributed by atoms with Crippen LogP contribution in [0.1, 0.15) is 24.8 Å². The Kier molecular flexibility index (Phi) is 5.99. The molecule has 31 heavy (non-hydrogen) atoms. The van der Waals surface area contributed by atoms with Gasteiger partial charge in [0.2, 0.25) is 0 Å². The fourth-order valence-electron chi connectivity index (χ4n) is 3.83. The predicted molar refractivity (Wildman–Crippen MR) is 122 cm³/mol. The lowest BCUT2D eigenvalue weighted by atomic mass is 10.0. The van der Waals surface area contributed by atoms with Crippen LogP contribution in [0.15, 0.2) is 48.0 Å². The molecular formula is C23H22FN3O3S. The van der Waals surface area contributed by atoms with E-state index in [0.29, 0.717) is 11.4 Å². The highest BCUT2D eigenvalue weighted by Crippen LogP contribution is 2.31. The van der Waals surface area contributed by atoms with Gasteiger partial charge >= 0.3 is 0 Å². The van der Waals surface area contributed by atoms with Gasteiger partial charge in [-0.25, -0.2) is 9.29 Å². The number of ether oxygens (including phenoxy) is 1. The normalized spacial score (nSPS) is 18.4. The zero-order valence-electron chi connectivity index (χ0n) is 17.1. The molecule has 0 aromatic heterocycles. The second-order valence-electron chi connectivity index (χ2n) is 7.38. The second kappa shape index (κ2) is 8.85. The number of carbonyl (C=O) groups is 2. The van der Waals surface area contributed by atoms with Gasteiger partial charge in [-0.15, -0.1) is 0 Å². The van der Waals surface area contributed by atoms with Gasteiger partial charge in [-0.2, -0.15) is 0 Å². The number of hydrogen-bond donors (Lipinski definition) is 1. The molecule has 2 aliphatic heterocycles. The first-order valence-electron chi connectivity index (χ1n) is 10.1. The van der Waals surface area contributed by atoms with E-state index in [9.17, 15) is 14.0 Å². The molecule has 0 radical (unpaired) electrons. The van der Waals surface area contributed by atoms with Crippen molar-refractivity contribution < 1.29 is 18.7 Å². The van der Waals surface area contributed by atoms with E-state index < -0.39 is 17.6 Å². The standard InChI is InChI=1S/C23H22FN3O3S/c1-30-20-8-4-3-7-19(20)27-22(29)17(21(28)25-23(27)31)13-15-9-10-16(14-18(15)24)26-11-5-2-6-12-26/h3-4,7-10,13-14H,2,5-6,11-12H2,1H3,(H,25,28,31)/b17-13+. The van der Waals surface area contributed by atoms with Crippen LogP contribution in [0.3, 0.4) is 0 Å². The number of para-hydroxylation sites is 2. The molecule has 2 aromatic carbocycles. The highest BCUT2D eigenvalue weighted by atomic mass is 32.1. The lowest BCUT2D eigenvalue weighted by molar-refractivity contribution is -0.122. The number of nitrogens with zero attached hydrogens (tertiary/aromatic N) is 2. The molecule has 2 aromatic rings. The number of nitrogens with one attached hydrogen (secondary N) is 1. The minimum absolute atomic E-state index is 0.0578. The van der Waals surface area contributed by atoms with E-state index in [4.69, 9.17) is 17.0 Å². The van der Waals surface area contributed by atoms with Crippen molar-refractivity contribution in [3.05, 3.63) is 59.4 Å². The van der Waals surface area contributed by atoms with Crippen LogP contribution in [0.4, 0.5) is 15.8 Å². The fraction of sp³-hybridized carbons (Fsp3) is 0.261. The van der Waals surface area contributed by atoms with E-state index in [2.05, 4.69) is 10.2 Å². The fourth-order valence-corrected chi connectivity index (χ4v) is 4.10. The molecule has 0 unspecified atom stereocenters. The number of halogens is 1. The molecule has 0 atom stereocenters. The van der Waals surface area contributed by atoms with Gasteiger partial charge in [-0.05, 0) is 67.9 Å². The van der Waals surface area contributed by atoms with Crippen molar-refractivity contribution >= 4 is 46.6 Å². The predicted octanol–water partition coefficient (Wildman–Crippen LogP) is 3.66. The maximum absolute atomic E-state index is 14.9. The lowest BCUT2D eigenvalue weighted by Gasteiger charge is -2.30. The third kappa shape index (κ3) is 4.16. The number of carbonyl (C=O) groups excluding carboxylic acids is 2. The number of thiocarbonyl (C=S) groups is 1. The van der Waals surface area contributed by atoms with Crippen molar-refractivity contribution in [2.45, 2.75) is 19.3 Å². The molecule has 6 nitrogen and oxygen atoms in total. The molecule has 2 amide bonds. The van der Waals surface area contributed by atoms with Gasteiger partial charge in [0.25, 0.3) is 11.8 Å². The van der Waals surface area contributed by atoms with Gasteiger partial charge < -0.3 is 9.64 Å². The van der Waals surface area contributed by atoms with Crippen LogP contribution in [-0.2, 0) is 9.59 Å². The van der Waals surface area contributed by atoms with Crippen molar-refractivity contribution in [2.75, 3.05) is 30.0 Å². The summed E-state index contributed by atoms with van der Waals surface area (Å²) in [6, 6.07) is 11.7. The number of benzene rings is 2. The zero-order valence-corrected chi connectivity index (χ0v) is 17.9. The van der Waals surface area contributed by atoms with Crippen LogP contribution in [0.2, 0.25) is 0 Å². The number of methoxy groups -OCH3 is 1. The number of amides is 2. The lowest BCUT2D eigenvalue weighted by Crippen LogP contribution is -2.54. The summed E-state index contributed by atoms with van der Waals surface area (Å²) >= 11 is 5.21. The first-order chi connectivity index (χ1) is 15.0. The van der Waals surface area contributed by atoms with E-state index in [1.165, 1.54) is 30.6 Å². The van der Waals surface area contributed by atoms with Crippen molar-refractivity contribution in [1.82, 2.24) is 5.32 Å². The molecule has 0 saturated carbocycles. The molecule has 0 bridgehead atoms. The minimum atomic E-state index is -0.666. The first kappa shape index (κ1) is 21.0. The largest absolute Gasteiger partial charge is 0.495 e. The zero-order chi connectivity index (χ0) is 22.0. The summed E-state index contributed by atoms with van der Waals surface area (Å²) in [4.78, 5) is 29.0. The van der Waals surface area contributed by atoms with Crippen LogP contribution in [0.25, 0.3) is 6.08 Å². The van der Waals surface area contributed by atoms with Gasteiger partial charge in [0.15, 0.2) is 5.11 Å². The van der Waals surface area contributed by atoms with Crippen LogP contribution >= 0.6 is 12.2 Å². The number of anilines is 2. The van der Waals surface area contributed by atoms with E-state index in [0.717, 1.165) is 31.6 Å². The van der Waals surface area contributed by atoms with Gasteiger partial charge in [0.05, 0.1) is 12.8 Å². The van der Waals surface area contributed by atoms with Crippen molar-refractivity contribution in [2.24, 2.45) is 0 Å². The monoisotopic (exact) mass is 439 g/mol. The maximum atomic E-state index is 14.9. The maximum Gasteiger partial charge on any atom is 0.270 e. The van der Waals surface area contributed by atoms with E-state index >= 15 is 0 Å². The van der Waals surface area contributed by atoms with Crippen LogP contribution in [0, 0.1) is 5.82 Å². The second-order valence-corrected chi connectivity index (χ2v) is 7.77. The Hall–Kier alpha value is -3.26. The quantitative estimate of drug-likeness (QED) is 0.448. The first-order valence-corrected chi connectivity index (χ1v) is 10.5. The molecule has 4 rings (SSSR count). The molecule has 1 N–H and O–H groups in total. The SMILES string of the molecule is COc1ccccc1N1C(=O)/C(=C/c2ccc(N3CCCCC3)cc2F)C(=O)NC1=S. The highest BCUT2D eigenvalue weighted by Gasteiger charge is 2.36. The molecule has 0 spiro atoms. The average molecular weight is 440 g/mol. The van der Waals surface area contributed by atoms with E-state index in [1.807, 2.05) is 6.07 Å². The summed E-state index contributed by atoms with van der Waals surface area (Å²) in [5.74, 6) is -1.38. The number of hydrogen-bond acceptors (Lipinski definition) is 5. The summed E-state index contributed by atoms with van der Waals surface area (Å²) in [5, 5.41) is 2.45. The summed E-state index contributed by atoms with van der Waals surface area (Å²) in [7, 11) is 1.48. The van der Waals surface area contributed by atoms with Crippen molar-refractivity contribution in [1.29, 1.82) is 0 Å². The third-order valence-corrected chi connectivity index (χ3v) is 5.72. The summed E-state index contributed by atoms with van der Waals surface area (Å²) in [6.45, 7) is 1.79. The van der Waals surface area contributed by atoms with Gasteiger partial charge in [0, 0.05) is 24.3 Å². The third-order valence-electron chi connectivity index (χ3n) is 5.43. The van der Waals surface area contributed by atoms with Crippen LogP contribution in [0.5, 0.6) is 5.75 Å². The minimum Gasteiger partial charge on any atom is -0.495 e. The molecule has 2 aliphatic rings. The molecule has 8 heteroatoms. The van der Waals surface area contributed by atoms with Crippen LogP contribution in [-0.4, -0.2) is 37.1 Å². The number of piperidine rings is 1. The summed E-state index contributed by atoms with van der Waals surface area (Å²) < 4.78 is 20.2. The Labute approximate surface area is 185 Å². The van der Waals surface area contributed by atoms with Gasteiger partial charge in [-0.1, -0.05) is 12.1 Å². The Bertz CT molecular complexity index is 1080. The molecule has 2 saturated heterocycles. The summed E-state index contributed by atoms with van der Waals surface area (Å²) in [5.41, 5.74) is 1.15. The molecule has 160 valence electrons. The number of rotatable bonds is 4. The molecule has 2 fully saturated rings. The Morgan fingerprint density at radius 2 is 1.84 bits per heavy atom. The Morgan fingerprint density at radius 3 is 2.55 bits per heavy atom. The Morgan fingerprint density at radius 1 is 1.10 bits per heavy atom.